The summed E-state index contributed by atoms with van der Waals surface area (Å²) in [5, 5.41) is 15.5. The fraction of sp³-hybridized carbons (Fsp3) is 1.00. The smallest absolute Gasteiger partial charge is 0 e. The Bertz CT molecular complexity index is 49.7. The van der Waals surface area contributed by atoms with Gasteiger partial charge in [-0.3, -0.25) is 0 Å². The summed E-state index contributed by atoms with van der Waals surface area (Å²) in [6.45, 7) is 0. The minimum absolute atomic E-state index is 0. The van der Waals surface area contributed by atoms with Crippen LogP contribution in [0.2, 0.25) is 0 Å². The van der Waals surface area contributed by atoms with Crippen LogP contribution in [0.25, 0.3) is 0 Å². The fourth-order valence-electron chi connectivity index (χ4n) is 0.0373. The van der Waals surface area contributed by atoms with Crippen molar-refractivity contribution in [3.8, 4) is 0 Å². The van der Waals surface area contributed by atoms with Crippen LogP contribution in [0, 0.1) is 0 Å². The van der Waals surface area contributed by atoms with Crippen molar-refractivity contribution in [2.75, 3.05) is 0 Å². The van der Waals surface area contributed by atoms with Crippen molar-refractivity contribution < 1.29 is 37.1 Å². The Kier molecular flexibility index (Phi) is 5.89. The molecule has 2 N–H and O–H groups in total. The molecule has 1 radical (unpaired) electrons. The predicted octanol–water partition coefficient (Wildman–Crippen LogP) is -2.37. The van der Waals surface area contributed by atoms with E-state index in [4.69, 9.17) is 10.2 Å². The molecule has 1 aliphatic rings. The van der Waals surface area contributed by atoms with Crippen molar-refractivity contribution in [3.05, 3.63) is 0 Å². The topological polar surface area (TPSA) is 65.5 Å². The average Bonchev–Trinajstić information content (AvgIpc) is 1.76. The van der Waals surface area contributed by atoms with Gasteiger partial charge < -0.3 is 10.2 Å². The number of rotatable bonds is 0. The largest absolute Gasteiger partial charge is 0 e. The summed E-state index contributed by atoms with van der Waals surface area (Å²) in [5.41, 5.74) is 0. The first-order valence-corrected chi connectivity index (χ1v) is 1.02. The van der Waals surface area contributed by atoms with Gasteiger partial charge in [0.25, 0.3) is 0 Å². The Morgan fingerprint density at radius 2 is 1.29 bits per heavy atom. The van der Waals surface area contributed by atoms with Crippen molar-refractivity contribution in [2.24, 2.45) is 0 Å². The van der Waals surface area contributed by atoms with E-state index >= 15 is 0 Å². The summed E-state index contributed by atoms with van der Waals surface area (Å²) < 4.78 is 0. The molecule has 4 nitrogen and oxygen atoms in total. The van der Waals surface area contributed by atoms with Crippen LogP contribution in [-0.4, -0.2) is 54.1 Å². The van der Waals surface area contributed by atoms with Gasteiger partial charge in [0.15, 0.2) is 0 Å². The summed E-state index contributed by atoms with van der Waals surface area (Å²) in [7, 11) is 0. The Morgan fingerprint density at radius 1 is 1.14 bits per heavy atom. The van der Waals surface area contributed by atoms with Crippen molar-refractivity contribution >= 4 is 37.7 Å². The van der Waals surface area contributed by atoms with Gasteiger partial charge in [0.05, 0.1) is 0 Å². The minimum atomic E-state index is -2.25. The summed E-state index contributed by atoms with van der Waals surface area (Å²) in [5.74, 6) is 0. The molecule has 6 heteroatoms. The number of hydrogen-bond acceptors (Lipinski definition) is 4. The summed E-state index contributed by atoms with van der Waals surface area (Å²) in [6, 6.07) is 0. The van der Waals surface area contributed by atoms with E-state index in [-0.39, 0.29) is 54.8 Å². The molecule has 0 aromatic rings. The van der Waals surface area contributed by atoms with Crippen LogP contribution in [0.5, 0.6) is 0 Å². The van der Waals surface area contributed by atoms with Crippen molar-refractivity contribution in [1.29, 1.82) is 0 Å². The van der Waals surface area contributed by atoms with Gasteiger partial charge in [0.2, 0.25) is 0 Å². The molecule has 1 saturated heterocycles. The van der Waals surface area contributed by atoms with Crippen LogP contribution in [0.4, 0.5) is 0 Å². The zero-order valence-electron chi connectivity index (χ0n) is 2.59. The van der Waals surface area contributed by atoms with E-state index < -0.39 is 6.16 Å². The van der Waals surface area contributed by atoms with Crippen LogP contribution in [0.15, 0.2) is 0 Å². The van der Waals surface area contributed by atoms with Crippen molar-refractivity contribution in [1.82, 2.24) is 0 Å². The second-order valence-corrected chi connectivity index (χ2v) is 0.715. The monoisotopic (exact) mass is 175 g/mol. The summed E-state index contributed by atoms with van der Waals surface area (Å²) >= 11 is 0. The molecule has 7 heavy (non-hydrogen) atoms. The number of hydrogen-bond donors (Lipinski definition) is 2. The first-order valence-electron chi connectivity index (χ1n) is 1.02. The Morgan fingerprint density at radius 3 is 1.29 bits per heavy atom. The van der Waals surface area contributed by atoms with Crippen LogP contribution < -0.4 is 0 Å². The minimum Gasteiger partial charge on any atom is 0 e. The van der Waals surface area contributed by atoms with E-state index in [1.807, 2.05) is 0 Å². The zero-order valence-corrected chi connectivity index (χ0v) is 3.77. The molecule has 0 spiro atoms. The third-order valence-electron chi connectivity index (χ3n) is 0.232. The van der Waals surface area contributed by atoms with Crippen molar-refractivity contribution in [2.45, 2.75) is 6.16 Å². The molecule has 0 aromatic carbocycles. The molecule has 0 amide bonds. The molecule has 1 aliphatic heterocycles. The molecule has 0 aliphatic carbocycles. The molecule has 0 atom stereocenters. The van der Waals surface area contributed by atoms with Gasteiger partial charge in [-0.1, -0.05) is 0 Å². The van der Waals surface area contributed by atoms with E-state index in [0.29, 0.717) is 0 Å². The van der Waals surface area contributed by atoms with E-state index in [2.05, 4.69) is 9.78 Å². The maximum absolute atomic E-state index is 7.74. The molecule has 0 bridgehead atoms. The summed E-state index contributed by atoms with van der Waals surface area (Å²) in [4.78, 5) is 7.01. The molecular weight excluding hydrogens is 171 g/mol. The predicted molar refractivity (Wildman–Crippen MR) is 17.9 cm³/mol. The van der Waals surface area contributed by atoms with Gasteiger partial charge in [-0.15, -0.1) is 9.78 Å². The molecule has 41 valence electrons. The molecule has 0 unspecified atom stereocenters. The molecule has 1 heterocycles. The van der Waals surface area contributed by atoms with Crippen LogP contribution in [0.3, 0.4) is 0 Å². The summed E-state index contributed by atoms with van der Waals surface area (Å²) in [6.07, 6.45) is -2.25. The molecule has 1 fully saturated rings. The maximum Gasteiger partial charge on any atom is 0 e. The quantitative estimate of drug-likeness (QED) is 0.187. The van der Waals surface area contributed by atoms with E-state index in [0.717, 1.165) is 0 Å². The SMILES string of the molecule is OC1(O)OO1.[CaH2].[Mn]. The molecule has 1 rings (SSSR count). The Balaban J connectivity index is 0. The first kappa shape index (κ1) is 11.4. The van der Waals surface area contributed by atoms with Crippen LogP contribution in [0.1, 0.15) is 0 Å². The van der Waals surface area contributed by atoms with E-state index in [1.165, 1.54) is 0 Å². The molecule has 0 saturated carbocycles. The third kappa shape index (κ3) is 5.49. The van der Waals surface area contributed by atoms with Crippen LogP contribution in [-0.2, 0) is 26.8 Å². The third-order valence-corrected chi connectivity index (χ3v) is 0.232. The van der Waals surface area contributed by atoms with Gasteiger partial charge in [-0.05, 0) is 0 Å². The first-order chi connectivity index (χ1) is 2.21. The second kappa shape index (κ2) is 3.61. The van der Waals surface area contributed by atoms with Gasteiger partial charge in [-0.2, -0.15) is 0 Å². The van der Waals surface area contributed by atoms with Crippen LogP contribution >= 0.6 is 0 Å². The van der Waals surface area contributed by atoms with E-state index in [9.17, 15) is 0 Å². The van der Waals surface area contributed by atoms with Gasteiger partial charge in [-0.25, -0.2) is 0 Å². The fourth-order valence-corrected chi connectivity index (χ4v) is 0.0373. The zero-order chi connectivity index (χ0) is 3.91. The van der Waals surface area contributed by atoms with Gasteiger partial charge >= 0.3 is 43.9 Å². The van der Waals surface area contributed by atoms with Gasteiger partial charge in [0.1, 0.15) is 0 Å². The normalized spacial score (nSPS) is 21.4. The standard InChI is InChI=1S/CH2O4.Ca.Mn.2H/c2-1(3)4-5-1;;;;/h2-3H;;;;. The molecule has 0 aromatic heterocycles. The second-order valence-electron chi connectivity index (χ2n) is 0.715. The Hall–Kier alpha value is 1.62. The van der Waals surface area contributed by atoms with E-state index in [1.54, 1.807) is 0 Å². The number of aliphatic hydroxyl groups is 2. The maximum atomic E-state index is 7.74. The average molecular weight is 175 g/mol. The Labute approximate surface area is 80.2 Å². The van der Waals surface area contributed by atoms with Crippen molar-refractivity contribution in [3.63, 3.8) is 0 Å². The molecular formula is CH4CaMnO4. The van der Waals surface area contributed by atoms with Gasteiger partial charge in [0, 0.05) is 17.1 Å².